The van der Waals surface area contributed by atoms with Crippen LogP contribution in [0.3, 0.4) is 0 Å². The van der Waals surface area contributed by atoms with Gasteiger partial charge in [0.25, 0.3) is 0 Å². The molecule has 0 aliphatic carbocycles. The predicted octanol–water partition coefficient (Wildman–Crippen LogP) is 1.53. The summed E-state index contributed by atoms with van der Waals surface area (Å²) < 4.78 is 17.1. The number of hydrogen-bond acceptors (Lipinski definition) is 4. The Bertz CT molecular complexity index is 418. The van der Waals surface area contributed by atoms with Crippen LogP contribution in [0.2, 0.25) is 0 Å². The average molecular weight is 249 g/mol. The van der Waals surface area contributed by atoms with Gasteiger partial charge in [0.2, 0.25) is 0 Å². The molecule has 0 saturated carbocycles. The lowest BCUT2D eigenvalue weighted by Gasteiger charge is -2.32. The van der Waals surface area contributed by atoms with Crippen molar-refractivity contribution in [3.05, 3.63) is 24.0 Å². The van der Waals surface area contributed by atoms with Crippen molar-refractivity contribution >= 4 is 12.6 Å². The molecule has 1 aliphatic rings. The second-order valence-corrected chi connectivity index (χ2v) is 5.60. The largest absolute Gasteiger partial charge is 0.494 e. The zero-order chi connectivity index (χ0) is 13.4. The van der Waals surface area contributed by atoms with Crippen molar-refractivity contribution in [2.75, 3.05) is 7.11 Å². The van der Waals surface area contributed by atoms with Crippen LogP contribution in [0.5, 0.6) is 0 Å². The van der Waals surface area contributed by atoms with Gasteiger partial charge in [-0.3, -0.25) is 4.98 Å². The number of pyridine rings is 1. The monoisotopic (exact) mass is 249 g/mol. The first-order valence-corrected chi connectivity index (χ1v) is 6.15. The van der Waals surface area contributed by atoms with E-state index >= 15 is 0 Å². The highest BCUT2D eigenvalue weighted by atomic mass is 16.7. The molecule has 1 saturated heterocycles. The first-order chi connectivity index (χ1) is 8.36. The van der Waals surface area contributed by atoms with Gasteiger partial charge in [0.05, 0.1) is 23.5 Å². The summed E-state index contributed by atoms with van der Waals surface area (Å²) in [6.07, 6.45) is 1.76. The number of aromatic nitrogens is 1. The lowest BCUT2D eigenvalue weighted by molar-refractivity contribution is 0.00578. The Morgan fingerprint density at radius 3 is 2.39 bits per heavy atom. The molecule has 0 radical (unpaired) electrons. The molecule has 0 N–H and O–H groups in total. The van der Waals surface area contributed by atoms with Crippen LogP contribution in [-0.4, -0.2) is 30.4 Å². The highest BCUT2D eigenvalue weighted by Crippen LogP contribution is 2.36. The predicted molar refractivity (Wildman–Crippen MR) is 70.7 cm³/mol. The first-order valence-electron chi connectivity index (χ1n) is 6.15. The van der Waals surface area contributed by atoms with Crippen LogP contribution in [0.25, 0.3) is 0 Å². The van der Waals surface area contributed by atoms with Gasteiger partial charge >= 0.3 is 7.12 Å². The molecule has 2 rings (SSSR count). The molecular formula is C13H20BNO3. The van der Waals surface area contributed by atoms with Crippen LogP contribution in [-0.2, 0) is 20.7 Å². The van der Waals surface area contributed by atoms with E-state index in [9.17, 15) is 0 Å². The third-order valence-electron chi connectivity index (χ3n) is 3.66. The zero-order valence-corrected chi connectivity index (χ0v) is 11.7. The Morgan fingerprint density at radius 1 is 1.22 bits per heavy atom. The summed E-state index contributed by atoms with van der Waals surface area (Å²) in [7, 11) is 1.32. The molecule has 0 atom stereocenters. The summed E-state index contributed by atoms with van der Waals surface area (Å²) in [6.45, 7) is 8.68. The fourth-order valence-electron chi connectivity index (χ4n) is 1.85. The molecule has 1 fully saturated rings. The Morgan fingerprint density at radius 2 is 1.83 bits per heavy atom. The van der Waals surface area contributed by atoms with Gasteiger partial charge in [-0.25, -0.2) is 0 Å². The summed E-state index contributed by atoms with van der Waals surface area (Å²) >= 11 is 0. The summed E-state index contributed by atoms with van der Waals surface area (Å²) in [5.74, 6) is 0. The molecule has 4 nitrogen and oxygen atoms in total. The van der Waals surface area contributed by atoms with Gasteiger partial charge in [-0.2, -0.15) is 0 Å². The fourth-order valence-corrected chi connectivity index (χ4v) is 1.85. The fraction of sp³-hybridized carbons (Fsp3) is 0.615. The van der Waals surface area contributed by atoms with Gasteiger partial charge in [-0.1, -0.05) is 0 Å². The van der Waals surface area contributed by atoms with Gasteiger partial charge in [0.15, 0.2) is 0 Å². The Hall–Kier alpha value is -0.905. The van der Waals surface area contributed by atoms with Crippen LogP contribution in [0.15, 0.2) is 18.3 Å². The van der Waals surface area contributed by atoms with Crippen LogP contribution in [0, 0.1) is 0 Å². The van der Waals surface area contributed by atoms with E-state index in [1.807, 2.05) is 39.8 Å². The minimum atomic E-state index is -0.339. The molecule has 5 heteroatoms. The summed E-state index contributed by atoms with van der Waals surface area (Å²) in [6, 6.07) is 3.88. The van der Waals surface area contributed by atoms with Gasteiger partial charge < -0.3 is 14.0 Å². The maximum Gasteiger partial charge on any atom is 0.494 e. The van der Waals surface area contributed by atoms with Crippen LogP contribution in [0.1, 0.15) is 33.4 Å². The molecule has 1 aliphatic heterocycles. The third kappa shape index (κ3) is 2.43. The average Bonchev–Trinajstić information content (AvgIpc) is 2.49. The lowest BCUT2D eigenvalue weighted by Crippen LogP contribution is -2.41. The van der Waals surface area contributed by atoms with E-state index in [-0.39, 0.29) is 18.3 Å². The molecule has 18 heavy (non-hydrogen) atoms. The molecule has 0 spiro atoms. The van der Waals surface area contributed by atoms with Gasteiger partial charge in [0.1, 0.15) is 0 Å². The zero-order valence-electron chi connectivity index (χ0n) is 11.7. The number of nitrogens with zero attached hydrogens (tertiary/aromatic N) is 1. The standard InChI is InChI=1S/C13H20BNO3/c1-12(2)13(3,4)18-14(17-12)10-6-7-15-11(8-10)9-16-5/h6-8H,9H2,1-5H3. The Balaban J connectivity index is 2.21. The van der Waals surface area contributed by atoms with Crippen molar-refractivity contribution in [3.8, 4) is 0 Å². The SMILES string of the molecule is COCc1cc(B2OC(C)(C)C(C)(C)O2)ccn1. The van der Waals surface area contributed by atoms with E-state index in [2.05, 4.69) is 4.98 Å². The highest BCUT2D eigenvalue weighted by Gasteiger charge is 2.51. The summed E-state index contributed by atoms with van der Waals surface area (Å²) in [5, 5.41) is 0. The van der Waals surface area contributed by atoms with E-state index in [4.69, 9.17) is 14.0 Å². The van der Waals surface area contributed by atoms with Crippen LogP contribution >= 0.6 is 0 Å². The Kier molecular flexibility index (Phi) is 3.49. The van der Waals surface area contributed by atoms with E-state index in [1.165, 1.54) is 0 Å². The van der Waals surface area contributed by atoms with E-state index in [0.717, 1.165) is 11.2 Å². The van der Waals surface area contributed by atoms with Crippen molar-refractivity contribution in [3.63, 3.8) is 0 Å². The van der Waals surface area contributed by atoms with Crippen molar-refractivity contribution in [1.82, 2.24) is 4.98 Å². The van der Waals surface area contributed by atoms with E-state index in [1.54, 1.807) is 13.3 Å². The number of methoxy groups -OCH3 is 1. The summed E-state index contributed by atoms with van der Waals surface area (Å²) in [4.78, 5) is 4.24. The van der Waals surface area contributed by atoms with Gasteiger partial charge in [0, 0.05) is 13.3 Å². The number of rotatable bonds is 3. The smallest absolute Gasteiger partial charge is 0.399 e. The minimum Gasteiger partial charge on any atom is -0.399 e. The molecule has 0 bridgehead atoms. The quantitative estimate of drug-likeness (QED) is 0.761. The van der Waals surface area contributed by atoms with Gasteiger partial charge in [-0.15, -0.1) is 0 Å². The lowest BCUT2D eigenvalue weighted by atomic mass is 9.79. The van der Waals surface area contributed by atoms with Crippen LogP contribution < -0.4 is 5.46 Å². The van der Waals surface area contributed by atoms with Crippen molar-refractivity contribution in [2.24, 2.45) is 0 Å². The third-order valence-corrected chi connectivity index (χ3v) is 3.66. The molecule has 98 valence electrons. The molecule has 1 aromatic rings. The number of ether oxygens (including phenoxy) is 1. The molecule has 1 aromatic heterocycles. The van der Waals surface area contributed by atoms with E-state index < -0.39 is 0 Å². The molecule has 0 unspecified atom stereocenters. The molecule has 0 amide bonds. The van der Waals surface area contributed by atoms with Crippen molar-refractivity contribution in [2.45, 2.75) is 45.5 Å². The molecular weight excluding hydrogens is 229 g/mol. The molecule has 2 heterocycles. The first kappa shape index (κ1) is 13.5. The van der Waals surface area contributed by atoms with Crippen molar-refractivity contribution < 1.29 is 14.0 Å². The Labute approximate surface area is 109 Å². The van der Waals surface area contributed by atoms with E-state index in [0.29, 0.717) is 6.61 Å². The summed E-state index contributed by atoms with van der Waals surface area (Å²) in [5.41, 5.74) is 1.23. The normalized spacial score (nSPS) is 21.3. The number of hydrogen-bond donors (Lipinski definition) is 0. The second kappa shape index (κ2) is 4.65. The van der Waals surface area contributed by atoms with Gasteiger partial charge in [-0.05, 0) is 45.3 Å². The maximum absolute atomic E-state index is 5.99. The highest BCUT2D eigenvalue weighted by molar-refractivity contribution is 6.62. The molecule has 0 aromatic carbocycles. The van der Waals surface area contributed by atoms with Crippen LogP contribution in [0.4, 0.5) is 0 Å². The van der Waals surface area contributed by atoms with Crippen molar-refractivity contribution in [1.29, 1.82) is 0 Å². The maximum atomic E-state index is 5.99. The minimum absolute atomic E-state index is 0.317. The topological polar surface area (TPSA) is 40.6 Å². The second-order valence-electron chi connectivity index (χ2n) is 5.60.